The zero-order valence-electron chi connectivity index (χ0n) is 17.1. The normalized spacial score (nSPS) is 19.1. The summed E-state index contributed by atoms with van der Waals surface area (Å²) in [5.74, 6) is 0.557. The summed E-state index contributed by atoms with van der Waals surface area (Å²) < 4.78 is 0. The van der Waals surface area contributed by atoms with Crippen LogP contribution in [0, 0.1) is 5.92 Å². The van der Waals surface area contributed by atoms with Crippen LogP contribution in [0.15, 0.2) is 39.9 Å². The van der Waals surface area contributed by atoms with Crippen molar-refractivity contribution in [1.29, 1.82) is 0 Å². The number of aromatic nitrogens is 2. The van der Waals surface area contributed by atoms with Crippen molar-refractivity contribution in [2.75, 3.05) is 11.9 Å². The minimum absolute atomic E-state index is 0.00712. The molecule has 1 aliphatic carbocycles. The molecule has 1 amide bonds. The molecule has 1 heterocycles. The van der Waals surface area contributed by atoms with Gasteiger partial charge in [-0.3, -0.25) is 14.6 Å². The smallest absolute Gasteiger partial charge is 0.326 e. The average molecular weight is 399 g/mol. The minimum Gasteiger partial charge on any atom is -0.379 e. The molecule has 1 fully saturated rings. The molecular formula is C22H30N4O3. The minimum atomic E-state index is -0.678. The zero-order valence-corrected chi connectivity index (χ0v) is 17.1. The lowest BCUT2D eigenvalue weighted by atomic mass is 9.82. The molecule has 156 valence electrons. The molecule has 29 heavy (non-hydrogen) atoms. The molecule has 1 aromatic carbocycles. The fourth-order valence-corrected chi connectivity index (χ4v) is 3.87. The molecule has 0 unspecified atom stereocenters. The summed E-state index contributed by atoms with van der Waals surface area (Å²) in [6, 6.07) is 10.5. The van der Waals surface area contributed by atoms with Crippen LogP contribution in [0.1, 0.15) is 67.9 Å². The van der Waals surface area contributed by atoms with Gasteiger partial charge in [-0.25, -0.2) is 4.79 Å². The van der Waals surface area contributed by atoms with Crippen LogP contribution >= 0.6 is 0 Å². The maximum Gasteiger partial charge on any atom is 0.326 e. The summed E-state index contributed by atoms with van der Waals surface area (Å²) in [6.45, 7) is 4.71. The third-order valence-electron chi connectivity index (χ3n) is 5.53. The number of aromatic amines is 2. The van der Waals surface area contributed by atoms with Crippen molar-refractivity contribution < 1.29 is 4.79 Å². The highest BCUT2D eigenvalue weighted by Crippen LogP contribution is 2.32. The van der Waals surface area contributed by atoms with E-state index in [0.717, 1.165) is 32.1 Å². The van der Waals surface area contributed by atoms with Crippen LogP contribution in [-0.4, -0.2) is 28.5 Å². The highest BCUT2D eigenvalue weighted by Gasteiger charge is 2.25. The van der Waals surface area contributed by atoms with Crippen molar-refractivity contribution >= 4 is 11.6 Å². The van der Waals surface area contributed by atoms with Crippen LogP contribution in [0.4, 0.5) is 5.69 Å². The number of anilines is 1. The van der Waals surface area contributed by atoms with E-state index in [1.54, 1.807) is 0 Å². The van der Waals surface area contributed by atoms with Crippen LogP contribution in [-0.2, 0) is 0 Å². The van der Waals surface area contributed by atoms with E-state index in [9.17, 15) is 14.4 Å². The Kier molecular flexibility index (Phi) is 6.90. The largest absolute Gasteiger partial charge is 0.379 e. The van der Waals surface area contributed by atoms with E-state index in [1.807, 2.05) is 6.07 Å². The molecule has 1 aliphatic rings. The van der Waals surface area contributed by atoms with Gasteiger partial charge in [0.25, 0.3) is 11.5 Å². The van der Waals surface area contributed by atoms with Crippen LogP contribution < -0.4 is 21.9 Å². The van der Waals surface area contributed by atoms with Gasteiger partial charge in [-0.05, 0) is 49.5 Å². The number of hydrogen-bond acceptors (Lipinski definition) is 4. The monoisotopic (exact) mass is 398 g/mol. The van der Waals surface area contributed by atoms with Crippen molar-refractivity contribution in [3.63, 3.8) is 0 Å². The molecule has 1 aromatic heterocycles. The first-order valence-corrected chi connectivity index (χ1v) is 10.4. The summed E-state index contributed by atoms with van der Waals surface area (Å²) in [5, 5.41) is 6.01. The SMILES string of the molecule is CC(C)CCNc1c(C(=O)NC2CCC(c3ccccc3)CC2)[nH]c(=O)[nH]c1=O. The van der Waals surface area contributed by atoms with E-state index in [1.165, 1.54) is 5.56 Å². The van der Waals surface area contributed by atoms with Gasteiger partial charge in [0.05, 0.1) is 0 Å². The van der Waals surface area contributed by atoms with E-state index >= 15 is 0 Å². The van der Waals surface area contributed by atoms with E-state index in [4.69, 9.17) is 0 Å². The van der Waals surface area contributed by atoms with E-state index < -0.39 is 17.2 Å². The lowest BCUT2D eigenvalue weighted by Crippen LogP contribution is -2.40. The van der Waals surface area contributed by atoms with Gasteiger partial charge in [-0.15, -0.1) is 0 Å². The first-order chi connectivity index (χ1) is 13.9. The maximum absolute atomic E-state index is 12.8. The van der Waals surface area contributed by atoms with E-state index in [0.29, 0.717) is 18.4 Å². The fraction of sp³-hybridized carbons (Fsp3) is 0.500. The molecule has 3 rings (SSSR count). The number of carbonyl (C=O) groups excluding carboxylic acids is 1. The van der Waals surface area contributed by atoms with Crippen molar-refractivity contribution in [1.82, 2.24) is 15.3 Å². The molecule has 0 atom stereocenters. The predicted molar refractivity (Wildman–Crippen MR) is 115 cm³/mol. The molecule has 0 aliphatic heterocycles. The molecule has 1 saturated carbocycles. The van der Waals surface area contributed by atoms with Crippen molar-refractivity contribution in [2.24, 2.45) is 5.92 Å². The van der Waals surface area contributed by atoms with Gasteiger partial charge in [-0.1, -0.05) is 44.2 Å². The molecule has 2 aromatic rings. The topological polar surface area (TPSA) is 107 Å². The van der Waals surface area contributed by atoms with Crippen LogP contribution in [0.2, 0.25) is 0 Å². The van der Waals surface area contributed by atoms with Gasteiger partial charge < -0.3 is 15.6 Å². The number of rotatable bonds is 7. The first-order valence-electron chi connectivity index (χ1n) is 10.4. The Morgan fingerprint density at radius 3 is 2.41 bits per heavy atom. The Morgan fingerprint density at radius 1 is 1.07 bits per heavy atom. The standard InChI is InChI=1S/C22H30N4O3/c1-14(2)12-13-23-18-19(25-22(29)26-20(18)27)21(28)24-17-10-8-16(9-11-17)15-6-4-3-5-7-15/h3-7,14,16-17,23H,8-13H2,1-2H3,(H,24,28)(H2,25,26,27,29). The summed E-state index contributed by atoms with van der Waals surface area (Å²) >= 11 is 0. The van der Waals surface area contributed by atoms with Crippen LogP contribution in [0.25, 0.3) is 0 Å². The van der Waals surface area contributed by atoms with Crippen molar-refractivity contribution in [2.45, 2.75) is 57.9 Å². The Bertz CT molecular complexity index is 925. The molecule has 4 N–H and O–H groups in total. The van der Waals surface area contributed by atoms with Gasteiger partial charge in [-0.2, -0.15) is 0 Å². The highest BCUT2D eigenvalue weighted by atomic mass is 16.2. The average Bonchev–Trinajstić information content (AvgIpc) is 2.70. The lowest BCUT2D eigenvalue weighted by molar-refractivity contribution is 0.0921. The van der Waals surface area contributed by atoms with Gasteiger partial charge in [0.15, 0.2) is 0 Å². The molecule has 0 bridgehead atoms. The second-order valence-electron chi connectivity index (χ2n) is 8.20. The quantitative estimate of drug-likeness (QED) is 0.575. The number of carbonyl (C=O) groups is 1. The summed E-state index contributed by atoms with van der Waals surface area (Å²) in [7, 11) is 0. The second-order valence-corrected chi connectivity index (χ2v) is 8.20. The summed E-state index contributed by atoms with van der Waals surface area (Å²) in [5.41, 5.74) is 0.221. The first kappa shape index (κ1) is 20.9. The third-order valence-corrected chi connectivity index (χ3v) is 5.53. The maximum atomic E-state index is 12.8. The molecule has 7 nitrogen and oxygen atoms in total. The van der Waals surface area contributed by atoms with Crippen molar-refractivity contribution in [3.8, 4) is 0 Å². The predicted octanol–water partition coefficient (Wildman–Crippen LogP) is 2.98. The summed E-state index contributed by atoms with van der Waals surface area (Å²) in [6.07, 6.45) is 4.59. The van der Waals surface area contributed by atoms with Gasteiger partial charge in [0.1, 0.15) is 11.4 Å². The van der Waals surface area contributed by atoms with E-state index in [2.05, 4.69) is 58.7 Å². The fourth-order valence-electron chi connectivity index (χ4n) is 3.87. The van der Waals surface area contributed by atoms with Gasteiger partial charge in [0, 0.05) is 12.6 Å². The molecule has 0 radical (unpaired) electrons. The number of H-pyrrole nitrogens is 2. The Morgan fingerprint density at radius 2 is 1.76 bits per heavy atom. The third kappa shape index (κ3) is 5.59. The van der Waals surface area contributed by atoms with Gasteiger partial charge in [0.2, 0.25) is 0 Å². The number of amides is 1. The Labute approximate surface area is 170 Å². The van der Waals surface area contributed by atoms with Crippen LogP contribution in [0.3, 0.4) is 0 Å². The molecule has 0 saturated heterocycles. The van der Waals surface area contributed by atoms with Crippen LogP contribution in [0.5, 0.6) is 0 Å². The number of nitrogens with one attached hydrogen (secondary N) is 4. The number of hydrogen-bond donors (Lipinski definition) is 4. The van der Waals surface area contributed by atoms with Crippen molar-refractivity contribution in [3.05, 3.63) is 62.4 Å². The number of benzene rings is 1. The molecular weight excluding hydrogens is 368 g/mol. The Balaban J connectivity index is 1.65. The second kappa shape index (κ2) is 9.58. The molecule has 0 spiro atoms. The van der Waals surface area contributed by atoms with Gasteiger partial charge >= 0.3 is 5.69 Å². The summed E-state index contributed by atoms with van der Waals surface area (Å²) in [4.78, 5) is 41.4. The lowest BCUT2D eigenvalue weighted by Gasteiger charge is -2.29. The zero-order chi connectivity index (χ0) is 20.8. The van der Waals surface area contributed by atoms with E-state index in [-0.39, 0.29) is 17.4 Å². The molecule has 7 heteroatoms. The Hall–Kier alpha value is -2.83. The highest BCUT2D eigenvalue weighted by molar-refractivity contribution is 5.97.